The van der Waals surface area contributed by atoms with Crippen molar-refractivity contribution >= 4 is 36.6 Å². The highest BCUT2D eigenvalue weighted by atomic mass is 31.2. The van der Waals surface area contributed by atoms with Gasteiger partial charge in [-0.25, -0.2) is 9.36 Å². The van der Waals surface area contributed by atoms with E-state index in [1.165, 1.54) is 6.92 Å². The van der Waals surface area contributed by atoms with Crippen LogP contribution in [0.4, 0.5) is 10.6 Å². The quantitative estimate of drug-likeness (QED) is 0.0557. The van der Waals surface area contributed by atoms with Gasteiger partial charge < -0.3 is 39.8 Å². The highest BCUT2D eigenvalue weighted by Gasteiger charge is 2.46. The number of aliphatic hydroxyl groups is 2. The van der Waals surface area contributed by atoms with Gasteiger partial charge in [-0.2, -0.15) is 5.10 Å². The third kappa shape index (κ3) is 9.13. The van der Waals surface area contributed by atoms with Crippen LogP contribution in [0.1, 0.15) is 36.1 Å². The number of fused-ring (bicyclic) bond motifs is 1. The molecule has 14 heteroatoms. The van der Waals surface area contributed by atoms with Crippen molar-refractivity contribution in [3.05, 3.63) is 126 Å². The van der Waals surface area contributed by atoms with Gasteiger partial charge in [0.15, 0.2) is 12.2 Å². The number of nitrogens with one attached hydrogen (secondary N) is 1. The number of amides is 2. The fraction of sp³-hybridized carbons (Fsp3) is 0.308. The van der Waals surface area contributed by atoms with Gasteiger partial charge in [0.25, 0.3) is 0 Å². The van der Waals surface area contributed by atoms with Gasteiger partial charge in [0.2, 0.25) is 0 Å². The maximum atomic E-state index is 14.9. The Morgan fingerprint density at radius 2 is 1.60 bits per heavy atom. The van der Waals surface area contributed by atoms with Crippen molar-refractivity contribution in [2.75, 3.05) is 25.2 Å². The van der Waals surface area contributed by atoms with Crippen LogP contribution >= 0.6 is 7.60 Å². The van der Waals surface area contributed by atoms with E-state index in [-0.39, 0.29) is 32.5 Å². The Morgan fingerprint density at radius 3 is 2.30 bits per heavy atom. The van der Waals surface area contributed by atoms with Gasteiger partial charge in [0.05, 0.1) is 17.6 Å². The summed E-state index contributed by atoms with van der Waals surface area (Å²) in [5.74, 6) is 0.626. The lowest BCUT2D eigenvalue weighted by atomic mass is 9.90. The number of aldehydes is 1. The van der Waals surface area contributed by atoms with Crippen LogP contribution in [0.2, 0.25) is 0 Å². The molecule has 1 aromatic heterocycles. The summed E-state index contributed by atoms with van der Waals surface area (Å²) in [5, 5.41) is 31.6. The summed E-state index contributed by atoms with van der Waals surface area (Å²) in [7, 11) is -3.92. The first-order valence-electron chi connectivity index (χ1n) is 17.5. The van der Waals surface area contributed by atoms with Gasteiger partial charge in [-0.15, -0.1) is 0 Å². The van der Waals surface area contributed by atoms with Crippen molar-refractivity contribution in [2.24, 2.45) is 0 Å². The van der Waals surface area contributed by atoms with Crippen LogP contribution in [0.15, 0.2) is 109 Å². The summed E-state index contributed by atoms with van der Waals surface area (Å²) in [6.07, 6.45) is -3.05. The molecule has 6 rings (SSSR count). The normalized spacial score (nSPS) is 20.8. The van der Waals surface area contributed by atoms with E-state index in [1.807, 2.05) is 78.9 Å². The van der Waals surface area contributed by atoms with E-state index >= 15 is 0 Å². The van der Waals surface area contributed by atoms with Crippen LogP contribution in [0.5, 0.6) is 5.75 Å². The predicted molar refractivity (Wildman–Crippen MR) is 200 cm³/mol. The Hall–Kier alpha value is -5.04. The molecule has 2 amide bonds. The number of hydrogen-bond acceptors (Lipinski definition) is 10. The second-order valence-electron chi connectivity index (χ2n) is 13.0. The minimum Gasteiger partial charge on any atom is -0.423 e. The number of aliphatic hydroxyl groups excluding tert-OH is 2. The zero-order valence-corrected chi connectivity index (χ0v) is 30.2. The number of nitrogens with zero attached hydrogens (tertiary/aromatic N) is 3. The summed E-state index contributed by atoms with van der Waals surface area (Å²) in [5.41, 5.74) is 9.17. The standard InChI is InChI=1S/C39H44N5O8P/c1-27(25-45)51-53(49,52-31-16-9-4-10-17-31)26-50-21-11-20-43-35(30-14-7-3-8-15-30)37(47)36(46)34(23-28-12-5-2-6-13-28)44(39(43)48)24-29-18-19-33-32(22-29)38(40)42-41-33/h2-10,12-19,22,25,27,34-37,46-47H,11,20-21,23-24,26H2,1H3,(H3,40,41,42)/t27-,34+,35?,36-,37-,53?/m0/s1. The minimum atomic E-state index is -3.92. The number of aromatic nitrogens is 2. The number of carbonyl (C=O) groups excluding carboxylic acids is 2. The van der Waals surface area contributed by atoms with Crippen molar-refractivity contribution in [1.29, 1.82) is 0 Å². The molecular weight excluding hydrogens is 697 g/mol. The number of ether oxygens (including phenoxy) is 1. The zero-order chi connectivity index (χ0) is 37.4. The van der Waals surface area contributed by atoms with E-state index in [1.54, 1.807) is 40.1 Å². The number of carbonyl (C=O) groups is 2. The van der Waals surface area contributed by atoms with Crippen LogP contribution < -0.4 is 10.3 Å². The van der Waals surface area contributed by atoms with E-state index in [2.05, 4.69) is 10.2 Å². The molecule has 0 bridgehead atoms. The number of aromatic amines is 1. The fourth-order valence-electron chi connectivity index (χ4n) is 6.63. The Labute approximate surface area is 307 Å². The van der Waals surface area contributed by atoms with Crippen LogP contribution in [-0.2, 0) is 31.6 Å². The maximum absolute atomic E-state index is 14.9. The number of nitrogens with two attached hydrogens (primary N) is 1. The number of para-hydroxylation sites is 1. The van der Waals surface area contributed by atoms with E-state index in [0.29, 0.717) is 28.8 Å². The van der Waals surface area contributed by atoms with E-state index < -0.39 is 50.4 Å². The van der Waals surface area contributed by atoms with Crippen molar-refractivity contribution in [3.8, 4) is 5.75 Å². The largest absolute Gasteiger partial charge is 0.423 e. The first-order valence-corrected chi connectivity index (χ1v) is 19.2. The summed E-state index contributed by atoms with van der Waals surface area (Å²) < 4.78 is 30.6. The fourth-order valence-corrected chi connectivity index (χ4v) is 8.14. The van der Waals surface area contributed by atoms with E-state index in [9.17, 15) is 24.4 Å². The zero-order valence-electron chi connectivity index (χ0n) is 29.3. The number of H-pyrrole nitrogens is 1. The van der Waals surface area contributed by atoms with Crippen molar-refractivity contribution in [2.45, 2.75) is 56.7 Å². The Kier molecular flexibility index (Phi) is 12.2. The third-order valence-corrected chi connectivity index (χ3v) is 10.8. The number of hydrogen-bond donors (Lipinski definition) is 4. The second kappa shape index (κ2) is 17.2. The highest BCUT2D eigenvalue weighted by molar-refractivity contribution is 7.54. The van der Waals surface area contributed by atoms with Gasteiger partial charge in [0, 0.05) is 25.1 Å². The maximum Gasteiger partial charge on any atom is 0.405 e. The molecule has 13 nitrogen and oxygen atoms in total. The summed E-state index contributed by atoms with van der Waals surface area (Å²) in [4.78, 5) is 29.4. The summed E-state index contributed by atoms with van der Waals surface area (Å²) in [6, 6.07) is 30.6. The van der Waals surface area contributed by atoms with Crippen molar-refractivity contribution in [1.82, 2.24) is 20.0 Å². The van der Waals surface area contributed by atoms with Crippen LogP contribution in [0.25, 0.3) is 10.9 Å². The first kappa shape index (κ1) is 37.7. The number of rotatable bonds is 16. The molecule has 5 aromatic rings. The molecule has 2 unspecified atom stereocenters. The lowest BCUT2D eigenvalue weighted by Gasteiger charge is -2.36. The molecule has 1 saturated heterocycles. The molecule has 4 aromatic carbocycles. The molecule has 1 aliphatic rings. The predicted octanol–water partition coefficient (Wildman–Crippen LogP) is 5.70. The van der Waals surface area contributed by atoms with Gasteiger partial charge in [0.1, 0.15) is 30.3 Å². The molecule has 53 heavy (non-hydrogen) atoms. The lowest BCUT2D eigenvalue weighted by molar-refractivity contribution is -0.113. The summed E-state index contributed by atoms with van der Waals surface area (Å²) >= 11 is 0. The van der Waals surface area contributed by atoms with Gasteiger partial charge in [-0.05, 0) is 60.7 Å². The first-order chi connectivity index (χ1) is 25.7. The lowest BCUT2D eigenvalue weighted by Crippen LogP contribution is -2.50. The van der Waals surface area contributed by atoms with E-state index in [0.717, 1.165) is 16.6 Å². The molecule has 0 saturated carbocycles. The molecule has 6 atom stereocenters. The average Bonchev–Trinajstić information content (AvgIpc) is 3.52. The van der Waals surface area contributed by atoms with Crippen molar-refractivity contribution in [3.63, 3.8) is 0 Å². The minimum absolute atomic E-state index is 0.0365. The third-order valence-electron chi connectivity index (χ3n) is 9.18. The Balaban J connectivity index is 1.27. The average molecular weight is 742 g/mol. The molecule has 278 valence electrons. The molecule has 2 heterocycles. The monoisotopic (exact) mass is 741 g/mol. The number of benzene rings is 4. The van der Waals surface area contributed by atoms with Crippen LogP contribution in [0, 0.1) is 0 Å². The number of urea groups is 1. The highest BCUT2D eigenvalue weighted by Crippen LogP contribution is 2.49. The summed E-state index contributed by atoms with van der Waals surface area (Å²) in [6.45, 7) is 1.72. The smallest absolute Gasteiger partial charge is 0.405 e. The molecule has 0 aliphatic carbocycles. The number of nitrogen functional groups attached to an aromatic ring is 1. The topological polar surface area (TPSA) is 181 Å². The van der Waals surface area contributed by atoms with Gasteiger partial charge in [-0.3, -0.25) is 9.62 Å². The Morgan fingerprint density at radius 1 is 0.925 bits per heavy atom. The Bertz CT molecular complexity index is 2000. The second-order valence-corrected chi connectivity index (χ2v) is 14.9. The van der Waals surface area contributed by atoms with Crippen LogP contribution in [-0.4, -0.2) is 86.4 Å². The van der Waals surface area contributed by atoms with Crippen molar-refractivity contribution < 1.29 is 38.2 Å². The van der Waals surface area contributed by atoms with Gasteiger partial charge >= 0.3 is 13.6 Å². The molecule has 1 aliphatic heterocycles. The number of anilines is 1. The van der Waals surface area contributed by atoms with E-state index in [4.69, 9.17) is 19.5 Å². The molecule has 0 spiro atoms. The molecule has 1 fully saturated rings. The van der Waals surface area contributed by atoms with Crippen LogP contribution in [0.3, 0.4) is 0 Å². The SMILES string of the molecule is C[C@@H](C=O)OP(=O)(COCCCN1C(=O)N(Cc2ccc3[nH]nc(N)c3c2)[C@H](Cc2ccccc2)[C@H](O)[C@@H](O)C1c1ccccc1)Oc1ccccc1. The molecular formula is C39H44N5O8P. The molecule has 5 N–H and O–H groups in total. The van der Waals surface area contributed by atoms with Gasteiger partial charge in [-0.1, -0.05) is 84.9 Å². The molecule has 0 radical (unpaired) electrons.